The maximum Gasteiger partial charge on any atom is 0.306 e. The summed E-state index contributed by atoms with van der Waals surface area (Å²) in [5.41, 5.74) is 0. The van der Waals surface area contributed by atoms with Gasteiger partial charge in [-0.15, -0.1) is 0 Å². The van der Waals surface area contributed by atoms with Crippen LogP contribution in [-0.4, -0.2) is 37.2 Å². The summed E-state index contributed by atoms with van der Waals surface area (Å²) < 4.78 is 16.8. The van der Waals surface area contributed by atoms with Crippen LogP contribution >= 0.6 is 0 Å². The maximum absolute atomic E-state index is 12.8. The first-order valence-electron chi connectivity index (χ1n) is 27.2. The molecule has 0 aliphatic rings. The number of carbonyl (C=O) groups is 3. The van der Waals surface area contributed by atoms with Crippen LogP contribution in [0.1, 0.15) is 303 Å². The van der Waals surface area contributed by atoms with Gasteiger partial charge in [0, 0.05) is 19.3 Å². The molecule has 0 saturated carbocycles. The zero-order valence-corrected chi connectivity index (χ0v) is 41.2. The molecule has 0 heterocycles. The van der Waals surface area contributed by atoms with Crippen LogP contribution in [0.25, 0.3) is 0 Å². The van der Waals surface area contributed by atoms with Gasteiger partial charge in [-0.3, -0.25) is 14.4 Å². The monoisotopic (exact) mass is 861 g/mol. The van der Waals surface area contributed by atoms with Gasteiger partial charge in [0.1, 0.15) is 13.2 Å². The van der Waals surface area contributed by atoms with Gasteiger partial charge in [0.2, 0.25) is 0 Å². The Morgan fingerprint density at radius 2 is 0.541 bits per heavy atom. The van der Waals surface area contributed by atoms with Crippen molar-refractivity contribution in [2.45, 2.75) is 309 Å². The third kappa shape index (κ3) is 49.0. The summed E-state index contributed by atoms with van der Waals surface area (Å²) in [5, 5.41) is 0. The molecule has 0 N–H and O–H groups in total. The molecule has 0 aromatic heterocycles. The van der Waals surface area contributed by atoms with E-state index in [9.17, 15) is 14.4 Å². The average Bonchev–Trinajstić information content (AvgIpc) is 3.26. The standard InChI is InChI=1S/C55H104O6/c1-4-7-10-13-16-19-22-25-28-31-33-36-39-42-45-48-54(57)60-51-52(61-55(58)49-46-43-40-37-34-30-27-24-21-18-15-12-9-6-3)50-59-53(56)47-44-41-38-35-32-29-26-23-20-17-14-11-8-5-2/h24,27,52H,4-23,25-26,28-51H2,1-3H3/b27-24-/t52-/m1/s1. The van der Waals surface area contributed by atoms with E-state index in [0.717, 1.165) is 64.2 Å². The third-order valence-electron chi connectivity index (χ3n) is 12.3. The zero-order valence-electron chi connectivity index (χ0n) is 41.2. The summed E-state index contributed by atoms with van der Waals surface area (Å²) in [5.74, 6) is -0.856. The van der Waals surface area contributed by atoms with Crippen molar-refractivity contribution in [2.24, 2.45) is 0 Å². The lowest BCUT2D eigenvalue weighted by Gasteiger charge is -2.18. The predicted octanol–water partition coefficient (Wildman–Crippen LogP) is 17.8. The molecule has 61 heavy (non-hydrogen) atoms. The fourth-order valence-electron chi connectivity index (χ4n) is 8.14. The molecule has 0 spiro atoms. The fourth-order valence-corrected chi connectivity index (χ4v) is 8.14. The molecule has 0 aromatic carbocycles. The summed E-state index contributed by atoms with van der Waals surface area (Å²) in [6.07, 6.45) is 56.2. The SMILES string of the molecule is CCCCCCC/C=C\CCCCCCCC(=O)O[C@H](COC(=O)CCCCCCCCCCCCCCCC)COC(=O)CCCCCCCCCCCCCCCCC. The first-order valence-corrected chi connectivity index (χ1v) is 27.2. The summed E-state index contributed by atoms with van der Waals surface area (Å²) in [4.78, 5) is 38.0. The van der Waals surface area contributed by atoms with Gasteiger partial charge in [-0.25, -0.2) is 0 Å². The van der Waals surface area contributed by atoms with Crippen molar-refractivity contribution in [2.75, 3.05) is 13.2 Å². The van der Waals surface area contributed by atoms with Crippen LogP contribution in [0.2, 0.25) is 0 Å². The molecule has 0 bridgehead atoms. The Morgan fingerprint density at radius 1 is 0.311 bits per heavy atom. The Morgan fingerprint density at radius 3 is 0.820 bits per heavy atom. The highest BCUT2D eigenvalue weighted by molar-refractivity contribution is 5.71. The van der Waals surface area contributed by atoms with E-state index < -0.39 is 6.10 Å². The van der Waals surface area contributed by atoms with Gasteiger partial charge in [0.05, 0.1) is 0 Å². The van der Waals surface area contributed by atoms with Crippen molar-refractivity contribution in [3.63, 3.8) is 0 Å². The molecular formula is C55H104O6. The molecular weight excluding hydrogens is 757 g/mol. The van der Waals surface area contributed by atoms with Crippen LogP contribution in [0.15, 0.2) is 12.2 Å². The number of ether oxygens (including phenoxy) is 3. The molecule has 0 aliphatic carbocycles. The molecule has 6 nitrogen and oxygen atoms in total. The Labute approximate surface area is 380 Å². The lowest BCUT2D eigenvalue weighted by Crippen LogP contribution is -2.30. The van der Waals surface area contributed by atoms with Gasteiger partial charge < -0.3 is 14.2 Å². The largest absolute Gasteiger partial charge is 0.462 e. The Kier molecular flexibility index (Phi) is 49.3. The molecule has 0 radical (unpaired) electrons. The van der Waals surface area contributed by atoms with Crippen molar-refractivity contribution < 1.29 is 28.6 Å². The van der Waals surface area contributed by atoms with Crippen molar-refractivity contribution in [3.05, 3.63) is 12.2 Å². The minimum Gasteiger partial charge on any atom is -0.462 e. The third-order valence-corrected chi connectivity index (χ3v) is 12.3. The first kappa shape index (κ1) is 59.1. The van der Waals surface area contributed by atoms with Crippen LogP contribution in [0, 0.1) is 0 Å². The molecule has 0 fully saturated rings. The van der Waals surface area contributed by atoms with E-state index in [1.54, 1.807) is 0 Å². The number of allylic oxidation sites excluding steroid dienone is 2. The summed E-state index contributed by atoms with van der Waals surface area (Å²) in [6, 6.07) is 0. The van der Waals surface area contributed by atoms with Crippen molar-refractivity contribution in [1.82, 2.24) is 0 Å². The van der Waals surface area contributed by atoms with E-state index in [0.29, 0.717) is 19.3 Å². The average molecular weight is 861 g/mol. The molecule has 0 saturated heterocycles. The maximum atomic E-state index is 12.8. The quantitative estimate of drug-likeness (QED) is 0.0262. The molecule has 6 heteroatoms. The number of carbonyl (C=O) groups excluding carboxylic acids is 3. The fraction of sp³-hybridized carbons (Fsp3) is 0.909. The summed E-state index contributed by atoms with van der Waals surface area (Å²) >= 11 is 0. The van der Waals surface area contributed by atoms with Crippen LogP contribution < -0.4 is 0 Å². The van der Waals surface area contributed by atoms with E-state index in [1.807, 2.05) is 0 Å². The second-order valence-corrected chi connectivity index (χ2v) is 18.5. The molecule has 0 aromatic rings. The van der Waals surface area contributed by atoms with Crippen molar-refractivity contribution in [3.8, 4) is 0 Å². The zero-order chi connectivity index (χ0) is 44.4. The molecule has 0 unspecified atom stereocenters. The van der Waals surface area contributed by atoms with Gasteiger partial charge in [-0.2, -0.15) is 0 Å². The number of hydrogen-bond acceptors (Lipinski definition) is 6. The molecule has 0 aliphatic heterocycles. The minimum atomic E-state index is -0.767. The second-order valence-electron chi connectivity index (χ2n) is 18.5. The molecule has 0 amide bonds. The van der Waals surface area contributed by atoms with Crippen LogP contribution in [0.3, 0.4) is 0 Å². The van der Waals surface area contributed by atoms with Crippen LogP contribution in [-0.2, 0) is 28.6 Å². The Bertz CT molecular complexity index is 947. The van der Waals surface area contributed by atoms with Gasteiger partial charge in [0.15, 0.2) is 6.10 Å². The summed E-state index contributed by atoms with van der Waals surface area (Å²) in [7, 11) is 0. The number of unbranched alkanes of at least 4 members (excludes halogenated alkanes) is 37. The first-order chi connectivity index (χ1) is 30.0. The Balaban J connectivity index is 4.33. The van der Waals surface area contributed by atoms with Gasteiger partial charge in [0.25, 0.3) is 0 Å². The number of esters is 3. The van der Waals surface area contributed by atoms with E-state index in [4.69, 9.17) is 14.2 Å². The van der Waals surface area contributed by atoms with Crippen LogP contribution in [0.4, 0.5) is 0 Å². The Hall–Kier alpha value is -1.85. The number of hydrogen-bond donors (Lipinski definition) is 0. The van der Waals surface area contributed by atoms with Gasteiger partial charge >= 0.3 is 17.9 Å². The van der Waals surface area contributed by atoms with E-state index in [-0.39, 0.29) is 31.1 Å². The van der Waals surface area contributed by atoms with Crippen molar-refractivity contribution >= 4 is 17.9 Å². The van der Waals surface area contributed by atoms with Crippen molar-refractivity contribution in [1.29, 1.82) is 0 Å². The summed E-state index contributed by atoms with van der Waals surface area (Å²) in [6.45, 7) is 6.67. The molecule has 0 rings (SSSR count). The van der Waals surface area contributed by atoms with Gasteiger partial charge in [-0.1, -0.05) is 251 Å². The predicted molar refractivity (Wildman–Crippen MR) is 261 cm³/mol. The molecule has 1 atom stereocenters. The molecule has 360 valence electrons. The normalized spacial score (nSPS) is 12.0. The topological polar surface area (TPSA) is 78.9 Å². The van der Waals surface area contributed by atoms with Gasteiger partial charge in [-0.05, 0) is 44.9 Å². The lowest BCUT2D eigenvalue weighted by molar-refractivity contribution is -0.167. The highest BCUT2D eigenvalue weighted by atomic mass is 16.6. The number of rotatable bonds is 50. The highest BCUT2D eigenvalue weighted by Crippen LogP contribution is 2.16. The second kappa shape index (κ2) is 50.8. The smallest absolute Gasteiger partial charge is 0.306 e. The van der Waals surface area contributed by atoms with Crippen LogP contribution in [0.5, 0.6) is 0 Å². The van der Waals surface area contributed by atoms with E-state index in [1.165, 1.54) is 199 Å². The van der Waals surface area contributed by atoms with E-state index >= 15 is 0 Å². The highest BCUT2D eigenvalue weighted by Gasteiger charge is 2.19. The van der Waals surface area contributed by atoms with E-state index in [2.05, 4.69) is 32.9 Å². The minimum absolute atomic E-state index is 0.0677. The lowest BCUT2D eigenvalue weighted by atomic mass is 10.0.